The number of aliphatic carboxylic acids is 2. The van der Waals surface area contributed by atoms with E-state index in [1.54, 1.807) is 30.5 Å². The van der Waals surface area contributed by atoms with Gasteiger partial charge in [-0.2, -0.15) is 4.98 Å². The Morgan fingerprint density at radius 1 is 1.21 bits per heavy atom. The summed E-state index contributed by atoms with van der Waals surface area (Å²) in [5.41, 5.74) is 7.48. The van der Waals surface area contributed by atoms with Crippen molar-refractivity contribution in [3.63, 3.8) is 0 Å². The standard InChI is InChI=1S/C20H21N7O6/c21-20-24-16-15(18(31)25-20)27-9-26(8-12(27)7-22-16)11-3-1-10(2-4-11)17(30)23-13(19(32)33)5-6-14(28)29/h1-4,7,13H,5-6,8-9H2,(H,23,30)(H,28,29)(H,32,33)(H4,21,22,24,25,31). The van der Waals surface area contributed by atoms with Gasteiger partial charge in [0.2, 0.25) is 5.95 Å². The topological polar surface area (TPSA) is 194 Å². The average Bonchev–Trinajstić information content (AvgIpc) is 3.20. The average molecular weight is 455 g/mol. The molecule has 0 saturated carbocycles. The first-order chi connectivity index (χ1) is 15.7. The Hall–Kier alpha value is -4.55. The number of aromatic nitrogens is 2. The number of amides is 1. The Kier molecular flexibility index (Phi) is 5.60. The SMILES string of the molecule is Nc1nc2c(c(=O)[nH]1)N1CN(c3ccc(C(=O)NC(CCC(=O)O)C(=O)O)cc3)CC1=CN2. The highest BCUT2D eigenvalue weighted by atomic mass is 16.4. The Bertz CT molecular complexity index is 1210. The van der Waals surface area contributed by atoms with Gasteiger partial charge in [0.05, 0.1) is 18.9 Å². The Morgan fingerprint density at radius 2 is 1.94 bits per heavy atom. The van der Waals surface area contributed by atoms with Crippen molar-refractivity contribution in [1.29, 1.82) is 0 Å². The molecule has 1 aromatic carbocycles. The first kappa shape index (κ1) is 21.7. The van der Waals surface area contributed by atoms with E-state index in [2.05, 4.69) is 20.6 Å². The van der Waals surface area contributed by atoms with E-state index in [0.29, 0.717) is 24.7 Å². The number of nitrogens with two attached hydrogens (primary N) is 1. The van der Waals surface area contributed by atoms with E-state index in [9.17, 15) is 24.3 Å². The number of aromatic amines is 1. The van der Waals surface area contributed by atoms with Crippen LogP contribution in [0.15, 0.2) is 41.0 Å². The molecular formula is C20H21N7O6. The Labute approximate surface area is 186 Å². The number of rotatable bonds is 7. The number of nitrogens with zero attached hydrogens (tertiary/aromatic N) is 3. The second-order valence-corrected chi connectivity index (χ2v) is 7.54. The van der Waals surface area contributed by atoms with Crippen LogP contribution >= 0.6 is 0 Å². The molecule has 7 N–H and O–H groups in total. The van der Waals surface area contributed by atoms with E-state index in [0.717, 1.165) is 11.4 Å². The number of benzene rings is 1. The van der Waals surface area contributed by atoms with Gasteiger partial charge in [-0.3, -0.25) is 19.4 Å². The van der Waals surface area contributed by atoms with Crippen LogP contribution in [0.1, 0.15) is 23.2 Å². The van der Waals surface area contributed by atoms with Crippen molar-refractivity contribution in [3.05, 3.63) is 52.1 Å². The number of carboxylic acids is 2. The summed E-state index contributed by atoms with van der Waals surface area (Å²) >= 11 is 0. The maximum atomic E-state index is 12.4. The maximum absolute atomic E-state index is 12.4. The number of carboxylic acid groups (broad SMARTS) is 2. The highest BCUT2D eigenvalue weighted by Crippen LogP contribution is 2.33. The molecule has 13 heteroatoms. The normalized spacial score (nSPS) is 15.1. The van der Waals surface area contributed by atoms with Crippen molar-refractivity contribution in [2.75, 3.05) is 34.1 Å². The smallest absolute Gasteiger partial charge is 0.326 e. The third-order valence-corrected chi connectivity index (χ3v) is 5.32. The number of nitrogens with one attached hydrogen (secondary N) is 3. The van der Waals surface area contributed by atoms with Gasteiger partial charge in [0.25, 0.3) is 11.5 Å². The van der Waals surface area contributed by atoms with Crippen LogP contribution in [0.4, 0.5) is 23.1 Å². The molecule has 3 heterocycles. The molecule has 13 nitrogen and oxygen atoms in total. The molecule has 1 atom stereocenters. The largest absolute Gasteiger partial charge is 0.481 e. The van der Waals surface area contributed by atoms with Crippen LogP contribution in [0, 0.1) is 0 Å². The molecule has 1 fully saturated rings. The van der Waals surface area contributed by atoms with Crippen LogP contribution in [-0.2, 0) is 9.59 Å². The molecule has 0 spiro atoms. The van der Waals surface area contributed by atoms with Gasteiger partial charge in [-0.1, -0.05) is 0 Å². The molecule has 1 aromatic heterocycles. The van der Waals surface area contributed by atoms with E-state index < -0.39 is 23.9 Å². The van der Waals surface area contributed by atoms with Gasteiger partial charge in [-0.25, -0.2) is 4.79 Å². The number of fused-ring (bicyclic) bond motifs is 3. The minimum Gasteiger partial charge on any atom is -0.481 e. The summed E-state index contributed by atoms with van der Waals surface area (Å²) in [4.78, 5) is 57.2. The second-order valence-electron chi connectivity index (χ2n) is 7.54. The van der Waals surface area contributed by atoms with Crippen molar-refractivity contribution >= 4 is 41.0 Å². The summed E-state index contributed by atoms with van der Waals surface area (Å²) in [5, 5.41) is 23.3. The number of anilines is 4. The minimum absolute atomic E-state index is 0.0149. The van der Waals surface area contributed by atoms with Crippen molar-refractivity contribution < 1.29 is 24.6 Å². The van der Waals surface area contributed by atoms with E-state index >= 15 is 0 Å². The zero-order valence-corrected chi connectivity index (χ0v) is 17.2. The molecule has 2 aliphatic rings. The molecule has 0 aliphatic carbocycles. The van der Waals surface area contributed by atoms with E-state index in [4.69, 9.17) is 10.8 Å². The fraction of sp³-hybridized carbons (Fsp3) is 0.250. The lowest BCUT2D eigenvalue weighted by molar-refractivity contribution is -0.140. The zero-order chi connectivity index (χ0) is 23.7. The van der Waals surface area contributed by atoms with Crippen LogP contribution in [0.3, 0.4) is 0 Å². The number of hydrogen-bond acceptors (Lipinski definition) is 9. The van der Waals surface area contributed by atoms with Crippen molar-refractivity contribution in [1.82, 2.24) is 15.3 Å². The molecule has 0 bridgehead atoms. The number of nitrogen functional groups attached to an aromatic ring is 1. The minimum atomic E-state index is -1.30. The summed E-state index contributed by atoms with van der Waals surface area (Å²) < 4.78 is 0. The first-order valence-electron chi connectivity index (χ1n) is 9.96. The molecule has 4 rings (SSSR count). The summed E-state index contributed by atoms with van der Waals surface area (Å²) in [7, 11) is 0. The van der Waals surface area contributed by atoms with Gasteiger partial charge in [-0.15, -0.1) is 0 Å². The fourth-order valence-electron chi connectivity index (χ4n) is 3.68. The van der Waals surface area contributed by atoms with Crippen LogP contribution in [0.5, 0.6) is 0 Å². The summed E-state index contributed by atoms with van der Waals surface area (Å²) in [6, 6.07) is 5.21. The maximum Gasteiger partial charge on any atom is 0.326 e. The number of carbonyl (C=O) groups is 3. The van der Waals surface area contributed by atoms with Crippen LogP contribution in [0.25, 0.3) is 0 Å². The zero-order valence-electron chi connectivity index (χ0n) is 17.2. The second kappa shape index (κ2) is 8.53. The third-order valence-electron chi connectivity index (χ3n) is 5.32. The molecule has 1 unspecified atom stereocenters. The predicted molar refractivity (Wildman–Crippen MR) is 118 cm³/mol. The van der Waals surface area contributed by atoms with Crippen molar-refractivity contribution in [2.24, 2.45) is 0 Å². The molecule has 33 heavy (non-hydrogen) atoms. The molecule has 2 aliphatic heterocycles. The highest BCUT2D eigenvalue weighted by molar-refractivity contribution is 5.97. The number of H-pyrrole nitrogens is 1. The van der Waals surface area contributed by atoms with Crippen molar-refractivity contribution in [3.8, 4) is 0 Å². The number of carbonyl (C=O) groups excluding carboxylic acids is 1. The van der Waals surface area contributed by atoms with Crippen LogP contribution in [-0.4, -0.2) is 57.3 Å². The predicted octanol–water partition coefficient (Wildman–Crippen LogP) is -0.0491. The Morgan fingerprint density at radius 3 is 2.61 bits per heavy atom. The summed E-state index contributed by atoms with van der Waals surface area (Å²) in [6.07, 6.45) is 1.15. The van der Waals surface area contributed by atoms with Gasteiger partial charge in [0.1, 0.15) is 6.04 Å². The van der Waals surface area contributed by atoms with Crippen molar-refractivity contribution in [2.45, 2.75) is 18.9 Å². The number of hydrogen-bond donors (Lipinski definition) is 6. The van der Waals surface area contributed by atoms with Crippen LogP contribution in [0.2, 0.25) is 0 Å². The lowest BCUT2D eigenvalue weighted by Gasteiger charge is -2.25. The lowest BCUT2D eigenvalue weighted by Crippen LogP contribution is -2.41. The van der Waals surface area contributed by atoms with E-state index in [1.807, 2.05) is 9.80 Å². The van der Waals surface area contributed by atoms with E-state index in [1.165, 1.54) is 0 Å². The Balaban J connectivity index is 1.46. The van der Waals surface area contributed by atoms with Gasteiger partial charge in [-0.05, 0) is 30.7 Å². The molecule has 1 amide bonds. The van der Waals surface area contributed by atoms with Gasteiger partial charge in [0.15, 0.2) is 11.5 Å². The molecule has 1 saturated heterocycles. The van der Waals surface area contributed by atoms with Gasteiger partial charge < -0.3 is 36.4 Å². The first-order valence-corrected chi connectivity index (χ1v) is 9.96. The molecule has 0 radical (unpaired) electrons. The molecule has 2 aromatic rings. The molecular weight excluding hydrogens is 434 g/mol. The van der Waals surface area contributed by atoms with Gasteiger partial charge in [0, 0.05) is 23.9 Å². The quantitative estimate of drug-likeness (QED) is 0.328. The summed E-state index contributed by atoms with van der Waals surface area (Å²) in [5.74, 6) is -2.68. The highest BCUT2D eigenvalue weighted by Gasteiger charge is 2.32. The van der Waals surface area contributed by atoms with E-state index in [-0.39, 0.29) is 29.9 Å². The fourth-order valence-corrected chi connectivity index (χ4v) is 3.68. The summed E-state index contributed by atoms with van der Waals surface area (Å²) in [6.45, 7) is 0.870. The lowest BCUT2D eigenvalue weighted by atomic mass is 10.1. The van der Waals surface area contributed by atoms with Crippen LogP contribution < -0.4 is 31.7 Å². The third kappa shape index (κ3) is 4.42. The van der Waals surface area contributed by atoms with Gasteiger partial charge >= 0.3 is 11.9 Å². The monoisotopic (exact) mass is 455 g/mol. The molecule has 172 valence electrons.